The van der Waals surface area contributed by atoms with E-state index >= 15 is 0 Å². The smallest absolute Gasteiger partial charge is 0.237 e. The first-order valence-electron chi connectivity index (χ1n) is 6.95. The molecule has 0 radical (unpaired) electrons. The Morgan fingerprint density at radius 3 is 2.55 bits per heavy atom. The van der Waals surface area contributed by atoms with Crippen molar-refractivity contribution in [2.75, 3.05) is 0 Å². The molecule has 102 valence electrons. The Kier molecular flexibility index (Phi) is 3.79. The van der Waals surface area contributed by atoms with Crippen molar-refractivity contribution in [3.05, 3.63) is 71.3 Å². The number of benzene rings is 2. The van der Waals surface area contributed by atoms with Gasteiger partial charge < -0.3 is 10.6 Å². The molecule has 2 aromatic carbocycles. The highest BCUT2D eigenvalue weighted by Gasteiger charge is 2.23. The quantitative estimate of drug-likeness (QED) is 0.892. The van der Waals surface area contributed by atoms with Crippen molar-refractivity contribution in [2.45, 2.75) is 25.6 Å². The monoisotopic (exact) mass is 266 g/mol. The fourth-order valence-corrected chi connectivity index (χ4v) is 2.55. The van der Waals surface area contributed by atoms with E-state index in [2.05, 4.69) is 22.8 Å². The zero-order chi connectivity index (χ0) is 13.8. The minimum absolute atomic E-state index is 0.0726. The zero-order valence-electron chi connectivity index (χ0n) is 11.3. The largest absolute Gasteiger partial charge is 0.351 e. The first-order chi connectivity index (χ1) is 9.83. The number of carbonyl (C=O) groups is 1. The Morgan fingerprint density at radius 1 is 1.05 bits per heavy atom. The minimum Gasteiger partial charge on any atom is -0.351 e. The van der Waals surface area contributed by atoms with E-state index in [4.69, 9.17) is 0 Å². The Hall–Kier alpha value is -2.13. The third-order valence-corrected chi connectivity index (χ3v) is 3.71. The highest BCUT2D eigenvalue weighted by atomic mass is 16.2. The van der Waals surface area contributed by atoms with Gasteiger partial charge in [0, 0.05) is 13.1 Å². The van der Waals surface area contributed by atoms with Crippen molar-refractivity contribution >= 4 is 5.91 Å². The number of carbonyl (C=O) groups excluding carboxylic acids is 1. The first kappa shape index (κ1) is 12.9. The van der Waals surface area contributed by atoms with E-state index < -0.39 is 0 Å². The molecule has 1 heterocycles. The number of amides is 1. The average Bonchev–Trinajstić information content (AvgIpc) is 2.53. The lowest BCUT2D eigenvalue weighted by atomic mass is 9.95. The molecule has 0 fully saturated rings. The molecular formula is C17H18N2O. The van der Waals surface area contributed by atoms with Crippen molar-refractivity contribution in [2.24, 2.45) is 0 Å². The van der Waals surface area contributed by atoms with Gasteiger partial charge in [-0.05, 0) is 23.1 Å². The van der Waals surface area contributed by atoms with Crippen LogP contribution in [-0.2, 0) is 24.3 Å². The summed E-state index contributed by atoms with van der Waals surface area (Å²) < 4.78 is 0. The summed E-state index contributed by atoms with van der Waals surface area (Å²) in [7, 11) is 0. The topological polar surface area (TPSA) is 41.1 Å². The van der Waals surface area contributed by atoms with Gasteiger partial charge in [-0.25, -0.2) is 0 Å². The van der Waals surface area contributed by atoms with Gasteiger partial charge >= 0.3 is 0 Å². The molecule has 1 unspecified atom stereocenters. The molecule has 0 saturated carbocycles. The molecule has 1 aliphatic rings. The van der Waals surface area contributed by atoms with Crippen LogP contribution in [-0.4, -0.2) is 11.9 Å². The lowest BCUT2D eigenvalue weighted by molar-refractivity contribution is -0.123. The first-order valence-corrected chi connectivity index (χ1v) is 6.95. The van der Waals surface area contributed by atoms with E-state index in [1.165, 1.54) is 11.1 Å². The molecule has 1 atom stereocenters. The van der Waals surface area contributed by atoms with Crippen molar-refractivity contribution in [3.63, 3.8) is 0 Å². The third-order valence-electron chi connectivity index (χ3n) is 3.71. The Labute approximate surface area is 119 Å². The zero-order valence-corrected chi connectivity index (χ0v) is 11.3. The molecule has 1 aliphatic heterocycles. The van der Waals surface area contributed by atoms with Gasteiger partial charge in [0.05, 0.1) is 6.04 Å². The molecule has 0 aliphatic carbocycles. The van der Waals surface area contributed by atoms with Crippen LogP contribution in [0.1, 0.15) is 16.7 Å². The number of hydrogen-bond acceptors (Lipinski definition) is 2. The number of nitrogens with one attached hydrogen (secondary N) is 2. The van der Waals surface area contributed by atoms with Gasteiger partial charge in [0.15, 0.2) is 0 Å². The standard InChI is InChI=1S/C17H18N2O/c20-17(19-11-13-6-2-1-3-7-13)16-10-14-8-4-5-9-15(14)12-18-16/h1-9,16,18H,10-12H2,(H,19,20). The van der Waals surface area contributed by atoms with Gasteiger partial charge in [0.2, 0.25) is 5.91 Å². The van der Waals surface area contributed by atoms with Crippen molar-refractivity contribution in [1.29, 1.82) is 0 Å². The highest BCUT2D eigenvalue weighted by molar-refractivity contribution is 5.82. The Bertz CT molecular complexity index is 595. The number of hydrogen-bond donors (Lipinski definition) is 2. The van der Waals surface area contributed by atoms with E-state index in [0.29, 0.717) is 6.54 Å². The van der Waals surface area contributed by atoms with Crippen LogP contribution in [0.15, 0.2) is 54.6 Å². The molecule has 3 nitrogen and oxygen atoms in total. The van der Waals surface area contributed by atoms with Gasteiger partial charge in [0.25, 0.3) is 0 Å². The van der Waals surface area contributed by atoms with Crippen LogP contribution in [0.4, 0.5) is 0 Å². The van der Waals surface area contributed by atoms with Crippen molar-refractivity contribution < 1.29 is 4.79 Å². The molecule has 0 bridgehead atoms. The predicted octanol–water partition coefficient (Wildman–Crippen LogP) is 2.02. The molecule has 0 spiro atoms. The maximum Gasteiger partial charge on any atom is 0.237 e. The summed E-state index contributed by atoms with van der Waals surface area (Å²) in [4.78, 5) is 12.2. The van der Waals surface area contributed by atoms with E-state index in [-0.39, 0.29) is 11.9 Å². The van der Waals surface area contributed by atoms with Crippen LogP contribution >= 0.6 is 0 Å². The van der Waals surface area contributed by atoms with Gasteiger partial charge in [-0.15, -0.1) is 0 Å². The summed E-state index contributed by atoms with van der Waals surface area (Å²) in [5.41, 5.74) is 3.68. The molecular weight excluding hydrogens is 248 g/mol. The third kappa shape index (κ3) is 2.89. The van der Waals surface area contributed by atoms with Crippen LogP contribution in [0, 0.1) is 0 Å². The molecule has 20 heavy (non-hydrogen) atoms. The second-order valence-corrected chi connectivity index (χ2v) is 5.11. The lowest BCUT2D eigenvalue weighted by Gasteiger charge is -2.25. The fourth-order valence-electron chi connectivity index (χ4n) is 2.55. The summed E-state index contributed by atoms with van der Waals surface area (Å²) in [5.74, 6) is 0.0726. The molecule has 0 aromatic heterocycles. The summed E-state index contributed by atoms with van der Waals surface area (Å²) >= 11 is 0. The Balaban J connectivity index is 1.59. The van der Waals surface area contributed by atoms with Crippen LogP contribution in [0.3, 0.4) is 0 Å². The molecule has 0 saturated heterocycles. The maximum atomic E-state index is 12.2. The van der Waals surface area contributed by atoms with Crippen molar-refractivity contribution in [3.8, 4) is 0 Å². The van der Waals surface area contributed by atoms with E-state index in [9.17, 15) is 4.79 Å². The van der Waals surface area contributed by atoms with Gasteiger partial charge in [0.1, 0.15) is 0 Å². The number of fused-ring (bicyclic) bond motifs is 1. The lowest BCUT2D eigenvalue weighted by Crippen LogP contribution is -2.47. The van der Waals surface area contributed by atoms with Crippen LogP contribution in [0.25, 0.3) is 0 Å². The highest BCUT2D eigenvalue weighted by Crippen LogP contribution is 2.16. The maximum absolute atomic E-state index is 12.2. The molecule has 2 aromatic rings. The van der Waals surface area contributed by atoms with E-state index in [0.717, 1.165) is 18.5 Å². The van der Waals surface area contributed by atoms with E-state index in [1.807, 2.05) is 42.5 Å². The predicted molar refractivity (Wildman–Crippen MR) is 79.1 cm³/mol. The fraction of sp³-hybridized carbons (Fsp3) is 0.235. The summed E-state index contributed by atoms with van der Waals surface area (Å²) in [6.45, 7) is 1.35. The summed E-state index contributed by atoms with van der Waals surface area (Å²) in [6.07, 6.45) is 0.761. The van der Waals surface area contributed by atoms with Crippen molar-refractivity contribution in [1.82, 2.24) is 10.6 Å². The van der Waals surface area contributed by atoms with Gasteiger partial charge in [-0.1, -0.05) is 54.6 Å². The molecule has 2 N–H and O–H groups in total. The second-order valence-electron chi connectivity index (χ2n) is 5.11. The van der Waals surface area contributed by atoms with Gasteiger partial charge in [-0.2, -0.15) is 0 Å². The summed E-state index contributed by atoms with van der Waals surface area (Å²) in [6, 6.07) is 18.1. The normalized spacial score (nSPS) is 17.3. The van der Waals surface area contributed by atoms with Crippen LogP contribution in [0.2, 0.25) is 0 Å². The van der Waals surface area contributed by atoms with Crippen LogP contribution < -0.4 is 10.6 Å². The molecule has 3 rings (SSSR count). The minimum atomic E-state index is -0.131. The van der Waals surface area contributed by atoms with Crippen LogP contribution in [0.5, 0.6) is 0 Å². The molecule has 1 amide bonds. The average molecular weight is 266 g/mol. The number of rotatable bonds is 3. The SMILES string of the molecule is O=C(NCc1ccccc1)C1Cc2ccccc2CN1. The summed E-state index contributed by atoms with van der Waals surface area (Å²) in [5, 5.41) is 6.30. The van der Waals surface area contributed by atoms with Gasteiger partial charge in [-0.3, -0.25) is 4.79 Å². The molecule has 3 heteroatoms. The van der Waals surface area contributed by atoms with E-state index in [1.54, 1.807) is 0 Å². The second kappa shape index (κ2) is 5.88. The Morgan fingerprint density at radius 2 is 1.75 bits per heavy atom.